The van der Waals surface area contributed by atoms with Crippen LogP contribution in [0.25, 0.3) is 22.5 Å². The smallest absolute Gasteiger partial charge is 0.329 e. The van der Waals surface area contributed by atoms with E-state index in [1.54, 1.807) is 4.90 Å². The number of H-pyrrole nitrogens is 1. The molecule has 1 N–H and O–H groups in total. The second-order valence-electron chi connectivity index (χ2n) is 11.9. The van der Waals surface area contributed by atoms with Crippen LogP contribution in [0, 0.1) is 0 Å². The van der Waals surface area contributed by atoms with Crippen LogP contribution in [0.15, 0.2) is 53.5 Å². The molecular weight excluding hydrogens is 516 g/mol. The van der Waals surface area contributed by atoms with Crippen LogP contribution in [0.1, 0.15) is 70.8 Å². The normalized spacial score (nSPS) is 24.2. The third-order valence-corrected chi connectivity index (χ3v) is 8.85. The van der Waals surface area contributed by atoms with E-state index < -0.39 is 11.7 Å². The number of carbonyl (C=O) groups is 2. The van der Waals surface area contributed by atoms with Gasteiger partial charge in [0.2, 0.25) is 5.82 Å². The van der Waals surface area contributed by atoms with Crippen molar-refractivity contribution in [2.75, 3.05) is 0 Å². The number of urea groups is 1. The van der Waals surface area contributed by atoms with Gasteiger partial charge in [-0.3, -0.25) is 14.6 Å². The van der Waals surface area contributed by atoms with Gasteiger partial charge in [0.1, 0.15) is 5.84 Å². The summed E-state index contributed by atoms with van der Waals surface area (Å²) in [5.74, 6) is 1.42. The molecule has 3 heterocycles. The molecule has 0 radical (unpaired) electrons. The molecule has 0 bridgehead atoms. The number of nitrogens with one attached hydrogen (secondary N) is 1. The minimum Gasteiger partial charge on any atom is -0.340 e. The van der Waals surface area contributed by atoms with Crippen molar-refractivity contribution >= 4 is 17.8 Å². The van der Waals surface area contributed by atoms with Gasteiger partial charge in [-0.25, -0.2) is 9.79 Å². The van der Waals surface area contributed by atoms with Crippen molar-refractivity contribution in [1.82, 2.24) is 35.3 Å². The van der Waals surface area contributed by atoms with Crippen LogP contribution in [-0.4, -0.2) is 76.9 Å². The fourth-order valence-electron chi connectivity index (χ4n) is 6.55. The van der Waals surface area contributed by atoms with Crippen molar-refractivity contribution in [3.63, 3.8) is 0 Å². The molecule has 3 fully saturated rings. The third kappa shape index (κ3) is 4.49. The molecule has 41 heavy (non-hydrogen) atoms. The lowest BCUT2D eigenvalue weighted by Crippen LogP contribution is -2.72. The number of aromatic nitrogens is 4. The number of aromatic amines is 1. The van der Waals surface area contributed by atoms with Crippen LogP contribution in [0.5, 0.6) is 0 Å². The zero-order chi connectivity index (χ0) is 28.1. The van der Waals surface area contributed by atoms with Gasteiger partial charge in [0.05, 0.1) is 0 Å². The van der Waals surface area contributed by atoms with Gasteiger partial charge >= 0.3 is 6.03 Å². The van der Waals surface area contributed by atoms with E-state index in [1.165, 1.54) is 0 Å². The fraction of sp³-hybridized carbons (Fsp3) is 0.484. The Bertz CT molecular complexity index is 1480. The molecule has 2 atom stereocenters. The summed E-state index contributed by atoms with van der Waals surface area (Å²) in [6, 6.07) is 16.0. The lowest BCUT2D eigenvalue weighted by atomic mass is 9.95. The Kier molecular flexibility index (Phi) is 6.36. The molecule has 1 aromatic heterocycles. The number of imide groups is 1. The summed E-state index contributed by atoms with van der Waals surface area (Å²) in [4.78, 5) is 38.8. The molecule has 2 aromatic carbocycles. The van der Waals surface area contributed by atoms with E-state index in [4.69, 9.17) is 4.99 Å². The van der Waals surface area contributed by atoms with Gasteiger partial charge in [-0.15, -0.1) is 10.2 Å². The zero-order valence-corrected chi connectivity index (χ0v) is 23.7. The van der Waals surface area contributed by atoms with Crippen molar-refractivity contribution in [2.45, 2.75) is 95.5 Å². The summed E-state index contributed by atoms with van der Waals surface area (Å²) >= 11 is 0. The Balaban J connectivity index is 1.21. The highest BCUT2D eigenvalue weighted by Crippen LogP contribution is 2.47. The number of tetrazole rings is 1. The Morgan fingerprint density at radius 3 is 2.34 bits per heavy atom. The highest BCUT2D eigenvalue weighted by atomic mass is 16.2. The van der Waals surface area contributed by atoms with E-state index in [9.17, 15) is 9.59 Å². The summed E-state index contributed by atoms with van der Waals surface area (Å²) in [6.45, 7) is 4.76. The van der Waals surface area contributed by atoms with E-state index >= 15 is 0 Å². The minimum atomic E-state index is -0.869. The molecule has 3 aromatic rings. The largest absolute Gasteiger partial charge is 0.340 e. The molecule has 2 aliphatic heterocycles. The molecule has 2 unspecified atom stereocenters. The number of amidine groups is 1. The summed E-state index contributed by atoms with van der Waals surface area (Å²) in [5, 5.41) is 14.6. The number of fused-ring (bicyclic) bond motifs is 1. The Hall–Kier alpha value is -4.08. The monoisotopic (exact) mass is 552 g/mol. The molecule has 10 nitrogen and oxygen atoms in total. The van der Waals surface area contributed by atoms with Crippen molar-refractivity contribution in [3.05, 3.63) is 54.1 Å². The van der Waals surface area contributed by atoms with Gasteiger partial charge in [-0.1, -0.05) is 68.3 Å². The Morgan fingerprint density at radius 2 is 1.68 bits per heavy atom. The molecule has 3 amide bonds. The summed E-state index contributed by atoms with van der Waals surface area (Å²) in [7, 11) is 0. The molecule has 2 saturated carbocycles. The van der Waals surface area contributed by atoms with Crippen molar-refractivity contribution in [3.8, 4) is 22.5 Å². The summed E-state index contributed by atoms with van der Waals surface area (Å²) in [6.07, 6.45) is 7.80. The fourth-order valence-corrected chi connectivity index (χ4v) is 6.55. The number of carbonyl (C=O) groups excluding carboxylic acids is 2. The average Bonchev–Trinajstić information content (AvgIpc) is 3.90. The average molecular weight is 553 g/mol. The van der Waals surface area contributed by atoms with Crippen molar-refractivity contribution in [1.29, 1.82) is 0 Å². The number of nitrogens with zero attached hydrogens (tertiary/aromatic N) is 7. The number of benzene rings is 2. The SMILES string of the molecule is CCCCCC1=NC2(C)C(C(=O)N(C3CC3)C(=O)N2C2CC2)N1Cc1ccc(-c2ccccc2-c2nn[nH]n2)cc1. The highest BCUT2D eigenvalue weighted by molar-refractivity contribution is 6.05. The number of unbranched alkanes of at least 4 members (excludes halogenated alkanes) is 2. The summed E-state index contributed by atoms with van der Waals surface area (Å²) in [5.41, 5.74) is 3.21. The van der Waals surface area contributed by atoms with E-state index in [2.05, 4.69) is 62.8 Å². The van der Waals surface area contributed by atoms with Crippen LogP contribution in [0.2, 0.25) is 0 Å². The van der Waals surface area contributed by atoms with Gasteiger partial charge in [0.15, 0.2) is 11.7 Å². The van der Waals surface area contributed by atoms with Gasteiger partial charge in [-0.05, 0) is 60.9 Å². The van der Waals surface area contributed by atoms with E-state index in [1.807, 2.05) is 30.0 Å². The maximum Gasteiger partial charge on any atom is 0.329 e. The van der Waals surface area contributed by atoms with Crippen molar-refractivity contribution in [2.24, 2.45) is 4.99 Å². The van der Waals surface area contributed by atoms with Gasteiger partial charge in [-0.2, -0.15) is 5.21 Å². The van der Waals surface area contributed by atoms with Crippen molar-refractivity contribution < 1.29 is 9.59 Å². The van der Waals surface area contributed by atoms with Crippen LogP contribution in [-0.2, 0) is 11.3 Å². The predicted molar refractivity (Wildman–Crippen MR) is 154 cm³/mol. The zero-order valence-electron chi connectivity index (χ0n) is 23.7. The lowest BCUT2D eigenvalue weighted by molar-refractivity contribution is -0.142. The predicted octanol–water partition coefficient (Wildman–Crippen LogP) is 5.00. The quantitative estimate of drug-likeness (QED) is 0.354. The Morgan fingerprint density at radius 1 is 0.951 bits per heavy atom. The number of aliphatic imine (C=N–C) groups is 1. The minimum absolute atomic E-state index is 0.0327. The molecule has 212 valence electrons. The number of hydrogen-bond donors (Lipinski definition) is 1. The molecule has 2 aliphatic carbocycles. The maximum absolute atomic E-state index is 14.1. The third-order valence-electron chi connectivity index (χ3n) is 8.85. The number of hydrogen-bond acceptors (Lipinski definition) is 7. The summed E-state index contributed by atoms with van der Waals surface area (Å²) < 4.78 is 0. The highest BCUT2D eigenvalue weighted by Gasteiger charge is 2.64. The first-order valence-electron chi connectivity index (χ1n) is 14.9. The first-order chi connectivity index (χ1) is 20.0. The molecule has 1 saturated heterocycles. The van der Waals surface area contributed by atoms with Crippen LogP contribution < -0.4 is 0 Å². The topological polar surface area (TPSA) is 111 Å². The second-order valence-corrected chi connectivity index (χ2v) is 11.9. The number of rotatable bonds is 10. The number of amides is 3. The Labute approximate surface area is 239 Å². The molecule has 4 aliphatic rings. The molecule has 7 rings (SSSR count). The van der Waals surface area contributed by atoms with E-state index in [-0.39, 0.29) is 24.0 Å². The van der Waals surface area contributed by atoms with E-state index in [0.29, 0.717) is 12.4 Å². The van der Waals surface area contributed by atoms with Crippen LogP contribution in [0.3, 0.4) is 0 Å². The maximum atomic E-state index is 14.1. The van der Waals surface area contributed by atoms with Gasteiger partial charge < -0.3 is 4.90 Å². The van der Waals surface area contributed by atoms with Gasteiger partial charge in [0, 0.05) is 30.6 Å². The molecular formula is C31H36N8O2. The lowest BCUT2D eigenvalue weighted by Gasteiger charge is -2.49. The standard InChI is InChI=1S/C31H36N8O2/c1-3-4-5-10-26-32-31(2)27(29(40)38(22-15-16-22)30(41)39(31)23-17-18-23)37(26)19-20-11-13-21(14-12-20)24-8-6-7-9-25(24)28-33-35-36-34-28/h6-9,11-14,22-23,27H,3-5,10,15-19H2,1-2H3,(H,33,34,35,36). The van der Waals surface area contributed by atoms with E-state index in [0.717, 1.165) is 79.5 Å². The first-order valence-corrected chi connectivity index (χ1v) is 14.9. The first kappa shape index (κ1) is 25.9. The molecule has 0 spiro atoms. The van der Waals surface area contributed by atoms with Crippen LogP contribution >= 0.6 is 0 Å². The molecule has 10 heteroatoms. The van der Waals surface area contributed by atoms with Crippen LogP contribution in [0.4, 0.5) is 4.79 Å². The second kappa shape index (κ2) is 10.1. The van der Waals surface area contributed by atoms with Gasteiger partial charge in [0.25, 0.3) is 5.91 Å².